The summed E-state index contributed by atoms with van der Waals surface area (Å²) in [5, 5.41) is 0. The highest BCUT2D eigenvalue weighted by Crippen LogP contribution is 2.41. The van der Waals surface area contributed by atoms with E-state index in [1.165, 1.54) is 5.57 Å². The van der Waals surface area contributed by atoms with E-state index in [0.717, 1.165) is 17.0 Å². The van der Waals surface area contributed by atoms with Crippen LogP contribution in [0.15, 0.2) is 24.3 Å². The first-order valence-corrected chi connectivity index (χ1v) is 7.58. The van der Waals surface area contributed by atoms with Gasteiger partial charge in [0.15, 0.2) is 0 Å². The van der Waals surface area contributed by atoms with Crippen LogP contribution >= 0.6 is 0 Å². The summed E-state index contributed by atoms with van der Waals surface area (Å²) in [7, 11) is 0. The summed E-state index contributed by atoms with van der Waals surface area (Å²) >= 11 is 0. The summed E-state index contributed by atoms with van der Waals surface area (Å²) in [6, 6.07) is 5.61. The number of carbonyl (C=O) groups excluding carboxylic acids is 1. The van der Waals surface area contributed by atoms with Crippen LogP contribution in [-0.4, -0.2) is 24.1 Å². The third-order valence-corrected chi connectivity index (χ3v) is 4.06. The van der Waals surface area contributed by atoms with Crippen LogP contribution < -0.4 is 20.9 Å². The number of carbonyl (C=O) groups is 1. The Labute approximate surface area is 132 Å². The van der Waals surface area contributed by atoms with Crippen LogP contribution in [0, 0.1) is 0 Å². The Kier molecular flexibility index (Phi) is 4.47. The minimum Gasteiger partial charge on any atom is -0.494 e. The van der Waals surface area contributed by atoms with Gasteiger partial charge in [0.1, 0.15) is 11.8 Å². The predicted octanol–water partition coefficient (Wildman–Crippen LogP) is 2.47. The fraction of sp³-hybridized carbons (Fsp3) is 0.471. The second-order valence-electron chi connectivity index (χ2n) is 6.15. The fourth-order valence-electron chi connectivity index (χ4n) is 3.23. The molecular formula is C17H25N3O2. The maximum absolute atomic E-state index is 12.0. The quantitative estimate of drug-likeness (QED) is 0.509. The van der Waals surface area contributed by atoms with E-state index in [1.807, 2.05) is 32.0 Å². The van der Waals surface area contributed by atoms with Crippen molar-refractivity contribution in [3.63, 3.8) is 0 Å². The molecule has 1 aromatic rings. The van der Waals surface area contributed by atoms with E-state index < -0.39 is 0 Å². The molecule has 0 saturated heterocycles. The number of hydrogen-bond donors (Lipinski definition) is 2. The van der Waals surface area contributed by atoms with Crippen molar-refractivity contribution in [2.24, 2.45) is 5.84 Å². The highest BCUT2D eigenvalue weighted by Gasteiger charge is 2.37. The first-order chi connectivity index (χ1) is 10.3. The van der Waals surface area contributed by atoms with Crippen LogP contribution in [0.25, 0.3) is 5.57 Å². The topological polar surface area (TPSA) is 67.6 Å². The van der Waals surface area contributed by atoms with Gasteiger partial charge in [0.2, 0.25) is 0 Å². The van der Waals surface area contributed by atoms with Gasteiger partial charge in [-0.1, -0.05) is 6.08 Å². The van der Waals surface area contributed by atoms with E-state index in [2.05, 4.69) is 37.2 Å². The fourth-order valence-corrected chi connectivity index (χ4v) is 3.23. The van der Waals surface area contributed by atoms with Gasteiger partial charge in [-0.15, -0.1) is 0 Å². The first kappa shape index (κ1) is 16.4. The Bertz CT molecular complexity index is 608. The molecule has 2 rings (SSSR count). The van der Waals surface area contributed by atoms with Gasteiger partial charge in [-0.3, -0.25) is 10.2 Å². The number of fused-ring (bicyclic) bond motifs is 1. The molecule has 1 aromatic carbocycles. The van der Waals surface area contributed by atoms with Gasteiger partial charge in [0.05, 0.1) is 12.1 Å². The lowest BCUT2D eigenvalue weighted by molar-refractivity contribution is -0.122. The molecule has 5 nitrogen and oxygen atoms in total. The van der Waals surface area contributed by atoms with Gasteiger partial charge in [-0.05, 0) is 58.4 Å². The Morgan fingerprint density at radius 2 is 2.14 bits per heavy atom. The van der Waals surface area contributed by atoms with Crippen molar-refractivity contribution in [2.45, 2.75) is 46.2 Å². The number of benzene rings is 1. The van der Waals surface area contributed by atoms with Crippen LogP contribution in [0.5, 0.6) is 5.75 Å². The highest BCUT2D eigenvalue weighted by atomic mass is 16.5. The lowest BCUT2D eigenvalue weighted by atomic mass is 9.87. The Morgan fingerprint density at radius 3 is 2.73 bits per heavy atom. The van der Waals surface area contributed by atoms with Gasteiger partial charge in [0.25, 0.3) is 5.91 Å². The summed E-state index contributed by atoms with van der Waals surface area (Å²) < 4.78 is 5.59. The molecule has 0 bridgehead atoms. The molecule has 1 amide bonds. The molecule has 0 unspecified atom stereocenters. The Hall–Kier alpha value is -2.01. The molecule has 5 heteroatoms. The monoisotopic (exact) mass is 303 g/mol. The summed E-state index contributed by atoms with van der Waals surface area (Å²) in [5.41, 5.74) is 5.25. The van der Waals surface area contributed by atoms with Crippen molar-refractivity contribution in [3.05, 3.63) is 29.8 Å². The van der Waals surface area contributed by atoms with E-state index >= 15 is 0 Å². The molecule has 120 valence electrons. The van der Waals surface area contributed by atoms with E-state index in [9.17, 15) is 4.79 Å². The number of nitrogens with two attached hydrogens (primary N) is 1. The number of hydrogen-bond acceptors (Lipinski definition) is 4. The zero-order chi connectivity index (χ0) is 16.5. The van der Waals surface area contributed by atoms with Gasteiger partial charge in [-0.2, -0.15) is 0 Å². The summed E-state index contributed by atoms with van der Waals surface area (Å²) in [4.78, 5) is 14.1. The summed E-state index contributed by atoms with van der Waals surface area (Å²) in [6.45, 7) is 10.7. The molecule has 0 saturated carbocycles. The average Bonchev–Trinajstić information content (AvgIpc) is 2.46. The molecule has 0 spiro atoms. The maximum atomic E-state index is 12.0. The molecule has 1 atom stereocenters. The zero-order valence-electron chi connectivity index (χ0n) is 13.9. The van der Waals surface area contributed by atoms with Crippen molar-refractivity contribution in [2.75, 3.05) is 11.5 Å². The lowest BCUT2D eigenvalue weighted by Crippen LogP contribution is -2.56. The van der Waals surface area contributed by atoms with Crippen LogP contribution in [0.3, 0.4) is 0 Å². The highest BCUT2D eigenvalue weighted by molar-refractivity contribution is 5.89. The summed E-state index contributed by atoms with van der Waals surface area (Å²) in [5.74, 6) is 5.95. The van der Waals surface area contributed by atoms with Crippen LogP contribution in [0.1, 0.15) is 40.2 Å². The number of ether oxygens (including phenoxy) is 1. The predicted molar refractivity (Wildman–Crippen MR) is 89.6 cm³/mol. The number of hydrazine groups is 1. The van der Waals surface area contributed by atoms with Gasteiger partial charge < -0.3 is 9.64 Å². The van der Waals surface area contributed by atoms with Gasteiger partial charge in [-0.25, -0.2) is 5.84 Å². The van der Waals surface area contributed by atoms with Crippen molar-refractivity contribution in [1.82, 2.24) is 5.43 Å². The molecule has 1 heterocycles. The molecule has 22 heavy (non-hydrogen) atoms. The largest absolute Gasteiger partial charge is 0.494 e. The van der Waals surface area contributed by atoms with Crippen molar-refractivity contribution in [3.8, 4) is 5.75 Å². The molecule has 1 aliphatic rings. The van der Waals surface area contributed by atoms with Crippen LogP contribution in [0.4, 0.5) is 5.69 Å². The van der Waals surface area contributed by atoms with Crippen LogP contribution in [0.2, 0.25) is 0 Å². The molecule has 0 aliphatic carbocycles. The zero-order valence-corrected chi connectivity index (χ0v) is 13.9. The lowest BCUT2D eigenvalue weighted by Gasteiger charge is -2.46. The normalized spacial score (nSPS) is 17.4. The number of nitrogens with one attached hydrogen (secondary N) is 1. The van der Waals surface area contributed by atoms with E-state index in [-0.39, 0.29) is 17.5 Å². The minimum atomic E-state index is -0.374. The molecule has 1 aliphatic heterocycles. The van der Waals surface area contributed by atoms with E-state index in [0.29, 0.717) is 6.61 Å². The maximum Gasteiger partial charge on any atom is 0.256 e. The minimum absolute atomic E-state index is 0.208. The van der Waals surface area contributed by atoms with Gasteiger partial charge in [0, 0.05) is 11.3 Å². The third-order valence-electron chi connectivity index (χ3n) is 4.06. The average molecular weight is 303 g/mol. The van der Waals surface area contributed by atoms with E-state index in [4.69, 9.17) is 10.6 Å². The van der Waals surface area contributed by atoms with Crippen molar-refractivity contribution in [1.29, 1.82) is 0 Å². The smallest absolute Gasteiger partial charge is 0.256 e. The second kappa shape index (κ2) is 6.01. The first-order valence-electron chi connectivity index (χ1n) is 7.58. The number of allylic oxidation sites excluding steroid dienone is 1. The Balaban J connectivity index is 2.54. The molecule has 0 aromatic heterocycles. The number of anilines is 1. The van der Waals surface area contributed by atoms with E-state index in [1.54, 1.807) is 0 Å². The molecular weight excluding hydrogens is 278 g/mol. The molecule has 0 fully saturated rings. The Morgan fingerprint density at radius 1 is 1.45 bits per heavy atom. The van der Waals surface area contributed by atoms with Gasteiger partial charge >= 0.3 is 0 Å². The van der Waals surface area contributed by atoms with Crippen molar-refractivity contribution < 1.29 is 9.53 Å². The molecule has 0 radical (unpaired) electrons. The molecule has 3 N–H and O–H groups in total. The van der Waals surface area contributed by atoms with Crippen molar-refractivity contribution >= 4 is 17.2 Å². The van der Waals surface area contributed by atoms with Crippen LogP contribution in [-0.2, 0) is 4.79 Å². The standard InChI is InChI=1S/C17H25N3O2/c1-6-22-13-7-8-15-14(9-13)11(2)10-17(4,5)20(15)12(3)16(21)19-18/h7-10,12H,6,18H2,1-5H3,(H,19,21)/t12-/m1/s1. The second-order valence-corrected chi connectivity index (χ2v) is 6.15. The SMILES string of the molecule is CCOc1ccc2c(c1)C(C)=CC(C)(C)N2[C@H](C)C(=O)NN. The third kappa shape index (κ3) is 2.81. The number of amides is 1. The number of nitrogens with zero attached hydrogens (tertiary/aromatic N) is 1. The number of rotatable bonds is 4. The summed E-state index contributed by atoms with van der Waals surface area (Å²) in [6.07, 6.45) is 2.17.